The Hall–Kier alpha value is -4.74. The first-order valence-electron chi connectivity index (χ1n) is 19.3. The van der Waals surface area contributed by atoms with Crippen LogP contribution < -0.4 is 0 Å². The standard InChI is InChI=1S/C49H49BrO4/c1-6-44(51)53-26-12-8-10-24-49(25-11-9-13-27-54-45(52)7-2)42-30-33(17-21-39(42)40-23-19-37(50)31-43(40)49)38-20-16-32-14-15-34-28-36(48(3,4)5)29-35-18-22-41(38)47(32)46(34)35/h6-7,14-23,28-31H,1-2,8-13,24-27H2,3-5H3. The van der Waals surface area contributed by atoms with E-state index in [1.54, 1.807) is 0 Å². The number of halogens is 1. The number of benzene rings is 6. The Kier molecular flexibility index (Phi) is 10.8. The van der Waals surface area contributed by atoms with Crippen molar-refractivity contribution in [3.8, 4) is 22.3 Å². The lowest BCUT2D eigenvalue weighted by Crippen LogP contribution is -2.25. The summed E-state index contributed by atoms with van der Waals surface area (Å²) in [7, 11) is 0. The first-order chi connectivity index (χ1) is 26.0. The first kappa shape index (κ1) is 37.6. The zero-order valence-corrected chi connectivity index (χ0v) is 33.3. The Morgan fingerprint density at radius 2 is 1.17 bits per heavy atom. The molecule has 0 heterocycles. The SMILES string of the molecule is C=CC(=O)OCCCCCC1(CCCCCOC(=O)C=C)c2cc(Br)ccc2-c2ccc(-c3ccc4ccc5cc(C(C)(C)C)cc6ccc3c4c56)cc21. The molecule has 5 heteroatoms. The van der Waals surface area contributed by atoms with Gasteiger partial charge in [0, 0.05) is 22.0 Å². The van der Waals surface area contributed by atoms with Gasteiger partial charge in [0.2, 0.25) is 0 Å². The van der Waals surface area contributed by atoms with Crippen LogP contribution in [0, 0.1) is 0 Å². The van der Waals surface area contributed by atoms with Crippen LogP contribution in [0.3, 0.4) is 0 Å². The van der Waals surface area contributed by atoms with E-state index in [1.165, 1.54) is 83.4 Å². The van der Waals surface area contributed by atoms with Crippen molar-refractivity contribution in [2.45, 2.75) is 83.0 Å². The van der Waals surface area contributed by atoms with Crippen molar-refractivity contribution in [3.05, 3.63) is 131 Å². The predicted molar refractivity (Wildman–Crippen MR) is 227 cm³/mol. The molecule has 276 valence electrons. The number of fused-ring (bicyclic) bond motifs is 3. The highest BCUT2D eigenvalue weighted by Crippen LogP contribution is 2.56. The van der Waals surface area contributed by atoms with Crippen LogP contribution in [-0.4, -0.2) is 25.2 Å². The van der Waals surface area contributed by atoms with Gasteiger partial charge in [-0.2, -0.15) is 0 Å². The van der Waals surface area contributed by atoms with Gasteiger partial charge in [-0.15, -0.1) is 0 Å². The maximum absolute atomic E-state index is 11.7. The molecule has 7 rings (SSSR count). The fraction of sp³-hybridized carbons (Fsp3) is 0.306. The third-order valence-electron chi connectivity index (χ3n) is 11.4. The lowest BCUT2D eigenvalue weighted by Gasteiger charge is -2.33. The highest BCUT2D eigenvalue weighted by molar-refractivity contribution is 9.10. The number of unbranched alkanes of at least 4 members (excludes halogenated alkanes) is 4. The predicted octanol–water partition coefficient (Wildman–Crippen LogP) is 13.2. The van der Waals surface area contributed by atoms with Gasteiger partial charge in [-0.1, -0.05) is 142 Å². The molecule has 6 aromatic rings. The Morgan fingerprint density at radius 3 is 1.78 bits per heavy atom. The van der Waals surface area contributed by atoms with Gasteiger partial charge in [-0.25, -0.2) is 9.59 Å². The van der Waals surface area contributed by atoms with E-state index in [1.807, 2.05) is 0 Å². The third-order valence-corrected chi connectivity index (χ3v) is 11.9. The van der Waals surface area contributed by atoms with Crippen molar-refractivity contribution in [1.29, 1.82) is 0 Å². The summed E-state index contributed by atoms with van der Waals surface area (Å²) >= 11 is 3.82. The molecule has 0 radical (unpaired) electrons. The topological polar surface area (TPSA) is 52.6 Å². The molecule has 0 N–H and O–H groups in total. The minimum Gasteiger partial charge on any atom is -0.463 e. The average molecular weight is 782 g/mol. The van der Waals surface area contributed by atoms with E-state index < -0.39 is 0 Å². The van der Waals surface area contributed by atoms with Crippen LogP contribution in [0.15, 0.2) is 115 Å². The summed E-state index contributed by atoms with van der Waals surface area (Å²) in [6.07, 6.45) is 9.90. The van der Waals surface area contributed by atoms with Gasteiger partial charge in [0.25, 0.3) is 0 Å². The molecule has 6 aromatic carbocycles. The van der Waals surface area contributed by atoms with Gasteiger partial charge >= 0.3 is 11.9 Å². The van der Waals surface area contributed by atoms with Crippen LogP contribution in [0.2, 0.25) is 0 Å². The van der Waals surface area contributed by atoms with Gasteiger partial charge in [0.05, 0.1) is 13.2 Å². The highest BCUT2D eigenvalue weighted by atomic mass is 79.9. The van der Waals surface area contributed by atoms with Crippen molar-refractivity contribution in [3.63, 3.8) is 0 Å². The monoisotopic (exact) mass is 780 g/mol. The van der Waals surface area contributed by atoms with E-state index in [0.29, 0.717) is 13.2 Å². The molecule has 0 fully saturated rings. The van der Waals surface area contributed by atoms with Crippen LogP contribution in [0.5, 0.6) is 0 Å². The zero-order chi connectivity index (χ0) is 38.0. The summed E-state index contributed by atoms with van der Waals surface area (Å²) in [5.41, 5.74) is 9.03. The summed E-state index contributed by atoms with van der Waals surface area (Å²) in [5, 5.41) is 7.79. The molecule has 0 saturated carbocycles. The molecule has 0 aliphatic heterocycles. The molecule has 0 unspecified atom stereocenters. The van der Waals surface area contributed by atoms with E-state index in [2.05, 4.69) is 135 Å². The molecule has 0 aromatic heterocycles. The number of carbonyl (C=O) groups is 2. The smallest absolute Gasteiger partial charge is 0.330 e. The molecular weight excluding hydrogens is 732 g/mol. The molecule has 54 heavy (non-hydrogen) atoms. The Labute approximate surface area is 327 Å². The van der Waals surface area contributed by atoms with E-state index in [9.17, 15) is 9.59 Å². The molecule has 0 amide bonds. The molecule has 1 aliphatic carbocycles. The van der Waals surface area contributed by atoms with Crippen molar-refractivity contribution in [2.75, 3.05) is 13.2 Å². The fourth-order valence-electron chi connectivity index (χ4n) is 8.68. The number of rotatable bonds is 15. The number of carbonyl (C=O) groups excluding carboxylic acids is 2. The molecule has 1 aliphatic rings. The number of esters is 2. The minimum absolute atomic E-state index is 0.0658. The Balaban J connectivity index is 1.29. The van der Waals surface area contributed by atoms with E-state index in [-0.39, 0.29) is 22.8 Å². The van der Waals surface area contributed by atoms with Crippen LogP contribution in [0.25, 0.3) is 54.6 Å². The second-order valence-corrected chi connectivity index (χ2v) is 16.8. The highest BCUT2D eigenvalue weighted by Gasteiger charge is 2.42. The fourth-order valence-corrected chi connectivity index (χ4v) is 9.04. The molecular formula is C49H49BrO4. The number of hydrogen-bond donors (Lipinski definition) is 0. The third kappa shape index (κ3) is 7.23. The van der Waals surface area contributed by atoms with Gasteiger partial charge < -0.3 is 9.47 Å². The quantitative estimate of drug-likeness (QED) is 0.0451. The maximum Gasteiger partial charge on any atom is 0.330 e. The number of hydrogen-bond acceptors (Lipinski definition) is 4. The molecule has 0 bridgehead atoms. The second kappa shape index (κ2) is 15.5. The van der Waals surface area contributed by atoms with Crippen molar-refractivity contribution in [1.82, 2.24) is 0 Å². The molecule has 0 spiro atoms. The lowest BCUT2D eigenvalue weighted by molar-refractivity contribution is -0.138. The summed E-state index contributed by atoms with van der Waals surface area (Å²) in [4.78, 5) is 23.3. The largest absolute Gasteiger partial charge is 0.463 e. The summed E-state index contributed by atoms with van der Waals surface area (Å²) in [6.45, 7) is 14.7. The van der Waals surface area contributed by atoms with Gasteiger partial charge in [0.1, 0.15) is 0 Å². The van der Waals surface area contributed by atoms with Crippen molar-refractivity contribution < 1.29 is 19.1 Å². The normalized spacial score (nSPS) is 13.3. The Morgan fingerprint density at radius 1 is 0.630 bits per heavy atom. The van der Waals surface area contributed by atoms with E-state index in [0.717, 1.165) is 55.8 Å². The first-order valence-corrected chi connectivity index (χ1v) is 20.1. The molecule has 0 saturated heterocycles. The summed E-state index contributed by atoms with van der Waals surface area (Å²) in [6, 6.07) is 32.4. The molecule has 4 nitrogen and oxygen atoms in total. The minimum atomic E-state index is -0.372. The van der Waals surface area contributed by atoms with Crippen LogP contribution in [0.1, 0.15) is 88.8 Å². The molecule has 0 atom stereocenters. The van der Waals surface area contributed by atoms with Crippen molar-refractivity contribution in [2.24, 2.45) is 0 Å². The van der Waals surface area contributed by atoms with Gasteiger partial charge in [0.15, 0.2) is 0 Å². The number of ether oxygens (including phenoxy) is 2. The van der Waals surface area contributed by atoms with Crippen molar-refractivity contribution >= 4 is 60.2 Å². The summed E-state index contributed by atoms with van der Waals surface area (Å²) in [5.74, 6) is -0.745. The zero-order valence-electron chi connectivity index (χ0n) is 31.7. The van der Waals surface area contributed by atoms with Crippen LogP contribution in [0.4, 0.5) is 0 Å². The van der Waals surface area contributed by atoms with E-state index >= 15 is 0 Å². The average Bonchev–Trinajstić information content (AvgIpc) is 3.43. The van der Waals surface area contributed by atoms with E-state index in [4.69, 9.17) is 9.47 Å². The van der Waals surface area contributed by atoms with Gasteiger partial charge in [-0.3, -0.25) is 0 Å². The Bertz CT molecular complexity index is 2330. The summed E-state index contributed by atoms with van der Waals surface area (Å²) < 4.78 is 11.7. The maximum atomic E-state index is 11.7. The van der Waals surface area contributed by atoms with Crippen LogP contribution >= 0.6 is 15.9 Å². The lowest BCUT2D eigenvalue weighted by atomic mass is 9.70. The van der Waals surface area contributed by atoms with Gasteiger partial charge in [-0.05, 0) is 121 Å². The second-order valence-electron chi connectivity index (χ2n) is 15.8. The van der Waals surface area contributed by atoms with Crippen LogP contribution in [-0.2, 0) is 29.9 Å².